The zero-order chi connectivity index (χ0) is 16.8. The van der Waals surface area contributed by atoms with E-state index in [1.165, 1.54) is 0 Å². The number of carbonyl (C=O) groups is 2. The van der Waals surface area contributed by atoms with Gasteiger partial charge in [-0.2, -0.15) is 0 Å². The summed E-state index contributed by atoms with van der Waals surface area (Å²) in [7, 11) is 0. The third kappa shape index (κ3) is 4.71. The lowest BCUT2D eigenvalue weighted by atomic mass is 10.1. The maximum atomic E-state index is 12.5. The SMILES string of the molecule is CCCOc1ccccc1NC(=O)C1CC(=O)N(CC(C)C)C1. The van der Waals surface area contributed by atoms with Crippen LogP contribution in [0.2, 0.25) is 0 Å². The fraction of sp³-hybridized carbons (Fsp3) is 0.556. The third-order valence-corrected chi connectivity index (χ3v) is 3.78. The summed E-state index contributed by atoms with van der Waals surface area (Å²) < 4.78 is 5.65. The summed E-state index contributed by atoms with van der Waals surface area (Å²) in [6, 6.07) is 7.41. The summed E-state index contributed by atoms with van der Waals surface area (Å²) in [5.41, 5.74) is 0.667. The van der Waals surface area contributed by atoms with Crippen LogP contribution in [-0.2, 0) is 9.59 Å². The Balaban J connectivity index is 1.99. The van der Waals surface area contributed by atoms with E-state index in [2.05, 4.69) is 19.2 Å². The molecule has 1 fully saturated rings. The molecule has 5 nitrogen and oxygen atoms in total. The summed E-state index contributed by atoms with van der Waals surface area (Å²) in [4.78, 5) is 26.3. The van der Waals surface area contributed by atoms with Gasteiger partial charge < -0.3 is 15.0 Å². The van der Waals surface area contributed by atoms with Crippen molar-refractivity contribution >= 4 is 17.5 Å². The number of hydrogen-bond acceptors (Lipinski definition) is 3. The second-order valence-corrected chi connectivity index (χ2v) is 6.43. The average Bonchev–Trinajstić information content (AvgIpc) is 2.87. The molecule has 0 bridgehead atoms. The van der Waals surface area contributed by atoms with Crippen LogP contribution in [0.25, 0.3) is 0 Å². The number of likely N-dealkylation sites (tertiary alicyclic amines) is 1. The molecular weight excluding hydrogens is 292 g/mol. The average molecular weight is 318 g/mol. The highest BCUT2D eigenvalue weighted by atomic mass is 16.5. The number of rotatable bonds is 7. The van der Waals surface area contributed by atoms with E-state index >= 15 is 0 Å². The molecule has 2 rings (SSSR count). The highest BCUT2D eigenvalue weighted by Gasteiger charge is 2.34. The van der Waals surface area contributed by atoms with Gasteiger partial charge in [0.2, 0.25) is 11.8 Å². The summed E-state index contributed by atoms with van der Waals surface area (Å²) in [6.45, 7) is 8.00. The molecule has 0 radical (unpaired) electrons. The van der Waals surface area contributed by atoms with Crippen LogP contribution >= 0.6 is 0 Å². The molecule has 1 unspecified atom stereocenters. The van der Waals surface area contributed by atoms with Crippen molar-refractivity contribution in [3.63, 3.8) is 0 Å². The molecule has 0 aromatic heterocycles. The quantitative estimate of drug-likeness (QED) is 0.841. The van der Waals surface area contributed by atoms with E-state index in [0.717, 1.165) is 6.42 Å². The van der Waals surface area contributed by atoms with Gasteiger partial charge in [-0.25, -0.2) is 0 Å². The second kappa shape index (κ2) is 7.99. The first-order valence-electron chi connectivity index (χ1n) is 8.31. The lowest BCUT2D eigenvalue weighted by Crippen LogP contribution is -2.31. The molecule has 126 valence electrons. The van der Waals surface area contributed by atoms with Crippen molar-refractivity contribution in [1.82, 2.24) is 4.90 Å². The number of nitrogens with one attached hydrogen (secondary N) is 1. The fourth-order valence-electron chi connectivity index (χ4n) is 2.71. The van der Waals surface area contributed by atoms with Crippen LogP contribution < -0.4 is 10.1 Å². The first kappa shape index (κ1) is 17.3. The molecule has 1 saturated heterocycles. The van der Waals surface area contributed by atoms with Crippen LogP contribution in [-0.4, -0.2) is 36.4 Å². The van der Waals surface area contributed by atoms with E-state index < -0.39 is 0 Å². The molecule has 1 N–H and O–H groups in total. The third-order valence-electron chi connectivity index (χ3n) is 3.78. The fourth-order valence-corrected chi connectivity index (χ4v) is 2.71. The summed E-state index contributed by atoms with van der Waals surface area (Å²) in [6.07, 6.45) is 1.19. The van der Waals surface area contributed by atoms with E-state index in [0.29, 0.717) is 37.1 Å². The number of amides is 2. The van der Waals surface area contributed by atoms with E-state index in [9.17, 15) is 9.59 Å². The number of nitrogens with zero attached hydrogens (tertiary/aromatic N) is 1. The van der Waals surface area contributed by atoms with Crippen LogP contribution in [0, 0.1) is 11.8 Å². The number of anilines is 1. The van der Waals surface area contributed by atoms with Gasteiger partial charge in [-0.1, -0.05) is 32.9 Å². The molecule has 1 aromatic carbocycles. The number of para-hydroxylation sites is 2. The van der Waals surface area contributed by atoms with Gasteiger partial charge in [-0.3, -0.25) is 9.59 Å². The smallest absolute Gasteiger partial charge is 0.229 e. The minimum atomic E-state index is -0.291. The van der Waals surface area contributed by atoms with E-state index in [-0.39, 0.29) is 24.2 Å². The minimum absolute atomic E-state index is 0.0642. The van der Waals surface area contributed by atoms with E-state index in [1.54, 1.807) is 4.90 Å². The van der Waals surface area contributed by atoms with Gasteiger partial charge >= 0.3 is 0 Å². The zero-order valence-corrected chi connectivity index (χ0v) is 14.2. The largest absolute Gasteiger partial charge is 0.491 e. The molecule has 23 heavy (non-hydrogen) atoms. The van der Waals surface area contributed by atoms with Crippen LogP contribution in [0.3, 0.4) is 0 Å². The molecule has 5 heteroatoms. The summed E-state index contributed by atoms with van der Waals surface area (Å²) in [5, 5.41) is 2.91. The minimum Gasteiger partial charge on any atom is -0.491 e. The standard InChI is InChI=1S/C18H26N2O3/c1-4-9-23-16-8-6-5-7-15(16)19-18(22)14-10-17(21)20(12-14)11-13(2)3/h5-8,13-14H,4,9-12H2,1-3H3,(H,19,22). The lowest BCUT2D eigenvalue weighted by Gasteiger charge is -2.19. The van der Waals surface area contributed by atoms with Gasteiger partial charge in [0, 0.05) is 19.5 Å². The molecule has 1 aliphatic heterocycles. The highest BCUT2D eigenvalue weighted by molar-refractivity contribution is 5.98. The van der Waals surface area contributed by atoms with E-state index in [4.69, 9.17) is 4.74 Å². The van der Waals surface area contributed by atoms with Crippen molar-refractivity contribution in [2.24, 2.45) is 11.8 Å². The first-order valence-corrected chi connectivity index (χ1v) is 8.31. The van der Waals surface area contributed by atoms with Gasteiger partial charge in [0.1, 0.15) is 5.75 Å². The molecule has 0 aliphatic carbocycles. The van der Waals surface area contributed by atoms with Gasteiger partial charge in [0.05, 0.1) is 18.2 Å². The van der Waals surface area contributed by atoms with Gasteiger partial charge in [0.15, 0.2) is 0 Å². The predicted octanol–water partition coefficient (Wildman–Crippen LogP) is 2.92. The van der Waals surface area contributed by atoms with Crippen molar-refractivity contribution in [3.8, 4) is 5.75 Å². The summed E-state index contributed by atoms with van der Waals surface area (Å²) >= 11 is 0. The van der Waals surface area contributed by atoms with Gasteiger partial charge in [-0.05, 0) is 24.5 Å². The molecule has 1 aliphatic rings. The number of hydrogen-bond donors (Lipinski definition) is 1. The molecule has 1 atom stereocenters. The molecule has 2 amide bonds. The van der Waals surface area contributed by atoms with Crippen LogP contribution in [0.5, 0.6) is 5.75 Å². The van der Waals surface area contributed by atoms with E-state index in [1.807, 2.05) is 31.2 Å². The van der Waals surface area contributed by atoms with Crippen molar-refractivity contribution < 1.29 is 14.3 Å². The van der Waals surface area contributed by atoms with Crippen LogP contribution in [0.15, 0.2) is 24.3 Å². The Labute approximate surface area is 138 Å². The Bertz CT molecular complexity index is 557. The Morgan fingerprint density at radius 3 is 2.83 bits per heavy atom. The topological polar surface area (TPSA) is 58.6 Å². The van der Waals surface area contributed by atoms with Gasteiger partial charge in [-0.15, -0.1) is 0 Å². The number of ether oxygens (including phenoxy) is 1. The monoisotopic (exact) mass is 318 g/mol. The number of carbonyl (C=O) groups excluding carboxylic acids is 2. The van der Waals surface area contributed by atoms with Crippen LogP contribution in [0.4, 0.5) is 5.69 Å². The van der Waals surface area contributed by atoms with Crippen molar-refractivity contribution in [1.29, 1.82) is 0 Å². The molecule has 1 aromatic rings. The first-order chi connectivity index (χ1) is 11.0. The summed E-state index contributed by atoms with van der Waals surface area (Å²) in [5.74, 6) is 0.738. The maximum Gasteiger partial charge on any atom is 0.229 e. The zero-order valence-electron chi connectivity index (χ0n) is 14.2. The number of benzene rings is 1. The Hall–Kier alpha value is -2.04. The van der Waals surface area contributed by atoms with Crippen molar-refractivity contribution in [2.75, 3.05) is 25.0 Å². The molecule has 1 heterocycles. The Morgan fingerprint density at radius 1 is 1.39 bits per heavy atom. The predicted molar refractivity (Wildman–Crippen MR) is 90.4 cm³/mol. The Morgan fingerprint density at radius 2 is 2.13 bits per heavy atom. The van der Waals surface area contributed by atoms with Gasteiger partial charge in [0.25, 0.3) is 0 Å². The molecular formula is C18H26N2O3. The van der Waals surface area contributed by atoms with Crippen molar-refractivity contribution in [3.05, 3.63) is 24.3 Å². The lowest BCUT2D eigenvalue weighted by molar-refractivity contribution is -0.128. The Kier molecular flexibility index (Phi) is 6.02. The maximum absolute atomic E-state index is 12.5. The molecule has 0 saturated carbocycles. The van der Waals surface area contributed by atoms with Crippen molar-refractivity contribution in [2.45, 2.75) is 33.6 Å². The highest BCUT2D eigenvalue weighted by Crippen LogP contribution is 2.26. The second-order valence-electron chi connectivity index (χ2n) is 6.43. The molecule has 0 spiro atoms. The van der Waals surface area contributed by atoms with Crippen LogP contribution in [0.1, 0.15) is 33.6 Å². The normalized spacial score (nSPS) is 17.7.